The summed E-state index contributed by atoms with van der Waals surface area (Å²) in [4.78, 5) is 35.9. The lowest BCUT2D eigenvalue weighted by atomic mass is 10.1. The topological polar surface area (TPSA) is 94.2 Å². The number of amides is 1. The van der Waals surface area contributed by atoms with Crippen LogP contribution >= 0.6 is 0 Å². The van der Waals surface area contributed by atoms with Crippen molar-refractivity contribution < 1.29 is 9.18 Å². The second-order valence-corrected chi connectivity index (χ2v) is 7.97. The molecule has 8 nitrogen and oxygen atoms in total. The van der Waals surface area contributed by atoms with Gasteiger partial charge < -0.3 is 5.32 Å². The number of hydrogen-bond acceptors (Lipinski definition) is 5. The van der Waals surface area contributed by atoms with Gasteiger partial charge in [-0.2, -0.15) is 5.10 Å². The van der Waals surface area contributed by atoms with E-state index in [1.807, 2.05) is 0 Å². The van der Waals surface area contributed by atoms with Gasteiger partial charge >= 0.3 is 0 Å². The molecule has 3 heterocycles. The Hall–Kier alpha value is -4.84. The molecule has 0 aliphatic rings. The molecular weight excluding hydrogens is 447 g/mol. The number of hydrogen-bond donors (Lipinski definition) is 1. The average molecular weight is 466 g/mol. The van der Waals surface area contributed by atoms with Crippen molar-refractivity contribution >= 4 is 22.5 Å². The molecule has 0 saturated heterocycles. The number of carbonyl (C=O) groups is 1. The SMILES string of the molecule is C#Cc1cccc2nc([C@@H](C)NC(=O)c3c(C)nn4cccnc34)n(-c3ccc(F)cc3)c(=O)c12. The fourth-order valence-electron chi connectivity index (χ4n) is 4.09. The number of nitrogens with one attached hydrogen (secondary N) is 1. The van der Waals surface area contributed by atoms with E-state index in [2.05, 4.69) is 26.3 Å². The zero-order valence-electron chi connectivity index (χ0n) is 18.9. The van der Waals surface area contributed by atoms with E-state index >= 15 is 0 Å². The highest BCUT2D eigenvalue weighted by atomic mass is 19.1. The van der Waals surface area contributed by atoms with Crippen LogP contribution in [0, 0.1) is 25.1 Å². The summed E-state index contributed by atoms with van der Waals surface area (Å²) >= 11 is 0. The normalized spacial score (nSPS) is 11.9. The van der Waals surface area contributed by atoms with E-state index in [0.29, 0.717) is 33.7 Å². The van der Waals surface area contributed by atoms with Crippen LogP contribution in [0.4, 0.5) is 4.39 Å². The van der Waals surface area contributed by atoms with Gasteiger partial charge in [-0.05, 0) is 56.3 Å². The Morgan fingerprint density at radius 1 is 1.17 bits per heavy atom. The molecule has 1 N–H and O–H groups in total. The molecule has 0 saturated carbocycles. The van der Waals surface area contributed by atoms with Crippen LogP contribution in [0.1, 0.15) is 40.4 Å². The smallest absolute Gasteiger partial charge is 0.267 e. The molecule has 0 aliphatic heterocycles. The molecule has 0 unspecified atom stereocenters. The van der Waals surface area contributed by atoms with Crippen LogP contribution < -0.4 is 10.9 Å². The summed E-state index contributed by atoms with van der Waals surface area (Å²) in [6.45, 7) is 3.43. The molecule has 9 heteroatoms. The minimum Gasteiger partial charge on any atom is -0.342 e. The minimum atomic E-state index is -0.711. The van der Waals surface area contributed by atoms with Crippen molar-refractivity contribution in [3.8, 4) is 18.0 Å². The third-order valence-electron chi connectivity index (χ3n) is 5.70. The quantitative estimate of drug-likeness (QED) is 0.410. The third kappa shape index (κ3) is 3.71. The van der Waals surface area contributed by atoms with Crippen LogP contribution in [0.2, 0.25) is 0 Å². The van der Waals surface area contributed by atoms with Crippen molar-refractivity contribution in [1.29, 1.82) is 0 Å². The molecule has 35 heavy (non-hydrogen) atoms. The Kier molecular flexibility index (Phi) is 5.34. The summed E-state index contributed by atoms with van der Waals surface area (Å²) < 4.78 is 16.5. The summed E-state index contributed by atoms with van der Waals surface area (Å²) in [5.74, 6) is 1.92. The van der Waals surface area contributed by atoms with E-state index in [1.54, 1.807) is 50.5 Å². The lowest BCUT2D eigenvalue weighted by Crippen LogP contribution is -2.33. The first kappa shape index (κ1) is 22.0. The molecule has 3 aromatic heterocycles. The molecule has 0 spiro atoms. The van der Waals surface area contributed by atoms with Gasteiger partial charge in [0.2, 0.25) is 0 Å². The Labute approximate surface area is 199 Å². The average Bonchev–Trinajstić information content (AvgIpc) is 3.19. The maximum absolute atomic E-state index is 13.7. The lowest BCUT2D eigenvalue weighted by molar-refractivity contribution is 0.0938. The number of aryl methyl sites for hydroxylation is 1. The van der Waals surface area contributed by atoms with Crippen LogP contribution in [-0.4, -0.2) is 30.1 Å². The van der Waals surface area contributed by atoms with Crippen LogP contribution in [0.5, 0.6) is 0 Å². The summed E-state index contributed by atoms with van der Waals surface area (Å²) in [6.07, 6.45) is 8.91. The van der Waals surface area contributed by atoms with E-state index in [-0.39, 0.29) is 11.2 Å². The largest absolute Gasteiger partial charge is 0.342 e. The number of carbonyl (C=O) groups excluding carboxylic acids is 1. The van der Waals surface area contributed by atoms with Gasteiger partial charge in [-0.3, -0.25) is 14.2 Å². The maximum Gasteiger partial charge on any atom is 0.267 e. The Morgan fingerprint density at radius 3 is 2.69 bits per heavy atom. The second kappa shape index (κ2) is 8.50. The number of aromatic nitrogens is 5. The van der Waals surface area contributed by atoms with Crippen molar-refractivity contribution in [3.05, 3.63) is 99.7 Å². The molecule has 0 fully saturated rings. The summed E-state index contributed by atoms with van der Waals surface area (Å²) in [7, 11) is 0. The van der Waals surface area contributed by atoms with Crippen LogP contribution in [0.25, 0.3) is 22.2 Å². The summed E-state index contributed by atoms with van der Waals surface area (Å²) in [5, 5.41) is 7.50. The van der Waals surface area contributed by atoms with Gasteiger partial charge in [-0.1, -0.05) is 12.0 Å². The zero-order chi connectivity index (χ0) is 24.7. The standard InChI is InChI=1S/C26H19FN6O2/c1-4-17-7-5-8-20-22(17)26(35)33(19-11-9-18(27)10-12-19)23(30-20)16(3)29-25(34)21-15(2)31-32-14-6-13-28-24(21)32/h1,5-14,16H,2-3H3,(H,29,34)/t16-/m1/s1. The number of rotatable bonds is 4. The van der Waals surface area contributed by atoms with Gasteiger partial charge in [0.15, 0.2) is 5.65 Å². The minimum absolute atomic E-state index is 0.263. The highest BCUT2D eigenvalue weighted by Crippen LogP contribution is 2.21. The Morgan fingerprint density at radius 2 is 1.94 bits per heavy atom. The number of nitrogens with zero attached hydrogens (tertiary/aromatic N) is 5. The molecule has 0 radical (unpaired) electrons. The molecule has 0 aliphatic carbocycles. The molecule has 1 atom stereocenters. The zero-order valence-corrected chi connectivity index (χ0v) is 18.9. The van der Waals surface area contributed by atoms with Crippen molar-refractivity contribution in [2.24, 2.45) is 0 Å². The number of halogens is 1. The maximum atomic E-state index is 13.7. The predicted octanol–water partition coefficient (Wildman–Crippen LogP) is 3.35. The highest BCUT2D eigenvalue weighted by Gasteiger charge is 2.24. The molecule has 5 rings (SSSR count). The van der Waals surface area contributed by atoms with Crippen LogP contribution in [0.3, 0.4) is 0 Å². The van der Waals surface area contributed by atoms with E-state index in [9.17, 15) is 14.0 Å². The first-order chi connectivity index (χ1) is 16.9. The van der Waals surface area contributed by atoms with Gasteiger partial charge in [0.1, 0.15) is 17.2 Å². The van der Waals surface area contributed by atoms with Crippen LogP contribution in [0.15, 0.2) is 65.7 Å². The molecule has 172 valence electrons. The van der Waals surface area contributed by atoms with Crippen molar-refractivity contribution in [1.82, 2.24) is 29.5 Å². The van der Waals surface area contributed by atoms with E-state index in [1.165, 1.54) is 33.3 Å². The number of fused-ring (bicyclic) bond motifs is 2. The number of terminal acetylenes is 1. The monoisotopic (exact) mass is 466 g/mol. The summed E-state index contributed by atoms with van der Waals surface area (Å²) in [5.41, 5.74) is 2.01. The molecular formula is C26H19FN6O2. The van der Waals surface area contributed by atoms with Crippen molar-refractivity contribution in [2.75, 3.05) is 0 Å². The highest BCUT2D eigenvalue weighted by molar-refractivity contribution is 6.01. The molecule has 0 bridgehead atoms. The van der Waals surface area contributed by atoms with E-state index < -0.39 is 23.3 Å². The van der Waals surface area contributed by atoms with Gasteiger partial charge in [0, 0.05) is 18.0 Å². The predicted molar refractivity (Wildman–Crippen MR) is 129 cm³/mol. The summed E-state index contributed by atoms with van der Waals surface area (Å²) in [6, 6.07) is 11.5. The Balaban J connectivity index is 1.66. The van der Waals surface area contributed by atoms with E-state index in [4.69, 9.17) is 6.42 Å². The molecule has 1 amide bonds. The van der Waals surface area contributed by atoms with Gasteiger partial charge in [0.25, 0.3) is 11.5 Å². The second-order valence-electron chi connectivity index (χ2n) is 7.97. The lowest BCUT2D eigenvalue weighted by Gasteiger charge is -2.20. The van der Waals surface area contributed by atoms with Gasteiger partial charge in [-0.15, -0.1) is 6.42 Å². The van der Waals surface area contributed by atoms with Gasteiger partial charge in [-0.25, -0.2) is 18.9 Å². The van der Waals surface area contributed by atoms with E-state index in [0.717, 1.165) is 0 Å². The van der Waals surface area contributed by atoms with Gasteiger partial charge in [0.05, 0.1) is 28.3 Å². The number of benzene rings is 2. The third-order valence-corrected chi connectivity index (χ3v) is 5.70. The van der Waals surface area contributed by atoms with Crippen molar-refractivity contribution in [3.63, 3.8) is 0 Å². The molecule has 5 aromatic rings. The van der Waals surface area contributed by atoms with Crippen molar-refractivity contribution in [2.45, 2.75) is 19.9 Å². The fraction of sp³-hybridized carbons (Fsp3) is 0.115. The first-order valence-electron chi connectivity index (χ1n) is 10.8. The fourth-order valence-corrected chi connectivity index (χ4v) is 4.09. The first-order valence-corrected chi connectivity index (χ1v) is 10.8. The molecule has 2 aromatic carbocycles. The van der Waals surface area contributed by atoms with Crippen LogP contribution in [-0.2, 0) is 0 Å². The Bertz CT molecular complexity index is 1710.